The lowest BCUT2D eigenvalue weighted by Crippen LogP contribution is -2.38. The Kier molecular flexibility index (Phi) is 6.17. The quantitative estimate of drug-likeness (QED) is 0.687. The molecule has 142 valence electrons. The van der Waals surface area contributed by atoms with Crippen LogP contribution in [0.15, 0.2) is 23.2 Å². The summed E-state index contributed by atoms with van der Waals surface area (Å²) in [5.41, 5.74) is 1.72. The standard InChI is InChI=1S/C21H29NO4/c1-3-24-17-9-8-16(14-18(17)25-4-2)10-13-22-19-15-20(23)26-21(19)11-6-5-7-12-21/h8-9,14H,3-7,10-13,15H2,1-2H3. The van der Waals surface area contributed by atoms with Gasteiger partial charge in [-0.15, -0.1) is 0 Å². The average Bonchev–Trinajstić information content (AvgIpc) is 2.93. The van der Waals surface area contributed by atoms with Crippen molar-refractivity contribution in [3.8, 4) is 11.5 Å². The fourth-order valence-electron chi connectivity index (χ4n) is 3.90. The number of carbonyl (C=O) groups is 1. The number of ether oxygens (including phenoxy) is 3. The third kappa shape index (κ3) is 4.19. The highest BCUT2D eigenvalue weighted by Gasteiger charge is 2.46. The molecule has 1 aromatic rings. The van der Waals surface area contributed by atoms with Crippen molar-refractivity contribution < 1.29 is 19.0 Å². The normalized spacial score (nSPS) is 20.4. The van der Waals surface area contributed by atoms with Crippen molar-refractivity contribution in [3.63, 3.8) is 0 Å². The first kappa shape index (κ1) is 18.7. The van der Waals surface area contributed by atoms with Gasteiger partial charge in [0.2, 0.25) is 0 Å². The van der Waals surface area contributed by atoms with Crippen LogP contribution >= 0.6 is 0 Å². The van der Waals surface area contributed by atoms with Gasteiger partial charge in [-0.05, 0) is 63.6 Å². The van der Waals surface area contributed by atoms with Crippen LogP contribution in [-0.2, 0) is 16.0 Å². The summed E-state index contributed by atoms with van der Waals surface area (Å²) in [5, 5.41) is 0. The zero-order chi connectivity index (χ0) is 18.4. The predicted octanol–water partition coefficient (Wildman–Crippen LogP) is 4.12. The van der Waals surface area contributed by atoms with Gasteiger partial charge < -0.3 is 14.2 Å². The zero-order valence-electron chi connectivity index (χ0n) is 15.9. The Morgan fingerprint density at radius 3 is 2.54 bits per heavy atom. The number of benzene rings is 1. The lowest BCUT2D eigenvalue weighted by atomic mass is 9.81. The summed E-state index contributed by atoms with van der Waals surface area (Å²) in [6, 6.07) is 6.05. The summed E-state index contributed by atoms with van der Waals surface area (Å²) < 4.78 is 17.0. The van der Waals surface area contributed by atoms with Crippen LogP contribution in [0.25, 0.3) is 0 Å². The van der Waals surface area contributed by atoms with Gasteiger partial charge in [-0.3, -0.25) is 9.79 Å². The molecular formula is C21H29NO4. The summed E-state index contributed by atoms with van der Waals surface area (Å²) in [7, 11) is 0. The van der Waals surface area contributed by atoms with E-state index < -0.39 is 5.60 Å². The van der Waals surface area contributed by atoms with Crippen LogP contribution in [0.5, 0.6) is 11.5 Å². The van der Waals surface area contributed by atoms with Crippen LogP contribution in [-0.4, -0.2) is 37.0 Å². The van der Waals surface area contributed by atoms with Gasteiger partial charge in [0, 0.05) is 6.54 Å². The molecule has 0 unspecified atom stereocenters. The van der Waals surface area contributed by atoms with Gasteiger partial charge in [-0.25, -0.2) is 0 Å². The minimum absolute atomic E-state index is 0.120. The molecule has 0 atom stereocenters. The second-order valence-electron chi connectivity index (χ2n) is 6.93. The average molecular weight is 359 g/mol. The van der Waals surface area contributed by atoms with Crippen molar-refractivity contribution in [2.45, 2.75) is 64.4 Å². The molecule has 0 bridgehead atoms. The van der Waals surface area contributed by atoms with E-state index in [-0.39, 0.29) is 5.97 Å². The van der Waals surface area contributed by atoms with Gasteiger partial charge in [-0.2, -0.15) is 0 Å². The van der Waals surface area contributed by atoms with Crippen molar-refractivity contribution in [1.82, 2.24) is 0 Å². The first-order valence-corrected chi connectivity index (χ1v) is 9.81. The molecule has 1 heterocycles. The highest BCUT2D eigenvalue weighted by molar-refractivity contribution is 6.09. The highest BCUT2D eigenvalue weighted by Crippen LogP contribution is 2.38. The van der Waals surface area contributed by atoms with E-state index in [0.29, 0.717) is 26.2 Å². The van der Waals surface area contributed by atoms with Gasteiger partial charge in [-0.1, -0.05) is 12.5 Å². The fraction of sp³-hybridized carbons (Fsp3) is 0.619. The molecule has 2 aliphatic rings. The minimum atomic E-state index is -0.398. The Hall–Kier alpha value is -2.04. The van der Waals surface area contributed by atoms with Crippen LogP contribution in [0.4, 0.5) is 0 Å². The second-order valence-corrected chi connectivity index (χ2v) is 6.93. The number of esters is 1. The Morgan fingerprint density at radius 1 is 1.08 bits per heavy atom. The van der Waals surface area contributed by atoms with Crippen LogP contribution in [0.1, 0.15) is 57.9 Å². The minimum Gasteiger partial charge on any atom is -0.490 e. The molecule has 3 rings (SSSR count). The van der Waals surface area contributed by atoms with Gasteiger partial charge in [0.25, 0.3) is 0 Å². The number of hydrogen-bond acceptors (Lipinski definition) is 5. The zero-order valence-corrected chi connectivity index (χ0v) is 15.9. The largest absolute Gasteiger partial charge is 0.490 e. The van der Waals surface area contributed by atoms with Crippen molar-refractivity contribution >= 4 is 11.7 Å². The molecule has 1 aliphatic carbocycles. The van der Waals surface area contributed by atoms with Crippen LogP contribution < -0.4 is 9.47 Å². The maximum Gasteiger partial charge on any atom is 0.312 e. The summed E-state index contributed by atoms with van der Waals surface area (Å²) in [4.78, 5) is 16.6. The Balaban J connectivity index is 1.67. The Morgan fingerprint density at radius 2 is 1.81 bits per heavy atom. The molecule has 2 fully saturated rings. The van der Waals surface area contributed by atoms with E-state index in [1.165, 1.54) is 6.42 Å². The Labute approximate surface area is 155 Å². The van der Waals surface area contributed by atoms with Gasteiger partial charge in [0.1, 0.15) is 0 Å². The fourth-order valence-corrected chi connectivity index (χ4v) is 3.90. The van der Waals surface area contributed by atoms with Crippen molar-refractivity contribution in [3.05, 3.63) is 23.8 Å². The molecule has 5 heteroatoms. The molecule has 0 N–H and O–H groups in total. The molecule has 1 saturated carbocycles. The Bertz CT molecular complexity index is 662. The van der Waals surface area contributed by atoms with Crippen LogP contribution in [0.2, 0.25) is 0 Å². The molecule has 1 aromatic carbocycles. The van der Waals surface area contributed by atoms with Crippen LogP contribution in [0.3, 0.4) is 0 Å². The van der Waals surface area contributed by atoms with Crippen LogP contribution in [0, 0.1) is 0 Å². The number of carbonyl (C=O) groups excluding carboxylic acids is 1. The smallest absolute Gasteiger partial charge is 0.312 e. The van der Waals surface area contributed by atoms with Crippen molar-refractivity contribution in [2.75, 3.05) is 19.8 Å². The molecule has 1 aliphatic heterocycles. The van der Waals surface area contributed by atoms with Crippen molar-refractivity contribution in [1.29, 1.82) is 0 Å². The van der Waals surface area contributed by atoms with E-state index in [2.05, 4.69) is 6.07 Å². The molecule has 0 aromatic heterocycles. The highest BCUT2D eigenvalue weighted by atomic mass is 16.6. The van der Waals surface area contributed by atoms with E-state index in [1.807, 2.05) is 26.0 Å². The third-order valence-electron chi connectivity index (χ3n) is 5.12. The topological polar surface area (TPSA) is 57.1 Å². The first-order chi connectivity index (χ1) is 12.7. The number of hydrogen-bond donors (Lipinski definition) is 0. The monoisotopic (exact) mass is 359 g/mol. The van der Waals surface area contributed by atoms with E-state index in [1.54, 1.807) is 0 Å². The predicted molar refractivity (Wildman–Crippen MR) is 101 cm³/mol. The molecule has 0 amide bonds. The summed E-state index contributed by atoms with van der Waals surface area (Å²) in [6.07, 6.45) is 6.46. The maximum atomic E-state index is 11.8. The van der Waals surface area contributed by atoms with E-state index in [4.69, 9.17) is 19.2 Å². The van der Waals surface area contributed by atoms with E-state index in [0.717, 1.165) is 54.9 Å². The summed E-state index contributed by atoms with van der Waals surface area (Å²) in [5.74, 6) is 1.44. The third-order valence-corrected chi connectivity index (χ3v) is 5.12. The number of rotatable bonds is 7. The lowest BCUT2D eigenvalue weighted by molar-refractivity contribution is -0.148. The molecule has 1 spiro atoms. The second kappa shape index (κ2) is 8.56. The SMILES string of the molecule is CCOc1ccc(CCN=C2CC(=O)OC23CCCCC3)cc1OCC. The van der Waals surface area contributed by atoms with Gasteiger partial charge in [0.05, 0.1) is 25.3 Å². The molecular weight excluding hydrogens is 330 g/mol. The maximum absolute atomic E-state index is 11.8. The first-order valence-electron chi connectivity index (χ1n) is 9.81. The van der Waals surface area contributed by atoms with E-state index >= 15 is 0 Å². The number of nitrogens with zero attached hydrogens (tertiary/aromatic N) is 1. The molecule has 26 heavy (non-hydrogen) atoms. The summed E-state index contributed by atoms with van der Waals surface area (Å²) in [6.45, 7) is 5.81. The molecule has 1 saturated heterocycles. The van der Waals surface area contributed by atoms with Gasteiger partial charge >= 0.3 is 5.97 Å². The number of aliphatic imine (C=N–C) groups is 1. The lowest BCUT2D eigenvalue weighted by Gasteiger charge is -2.32. The van der Waals surface area contributed by atoms with Gasteiger partial charge in [0.15, 0.2) is 17.1 Å². The van der Waals surface area contributed by atoms with Crippen molar-refractivity contribution in [2.24, 2.45) is 4.99 Å². The molecule has 0 radical (unpaired) electrons. The van der Waals surface area contributed by atoms with E-state index in [9.17, 15) is 4.79 Å². The summed E-state index contributed by atoms with van der Waals surface area (Å²) >= 11 is 0. The molecule has 5 nitrogen and oxygen atoms in total.